The molecule has 1 aliphatic carbocycles. The van der Waals surface area contributed by atoms with Gasteiger partial charge >= 0.3 is 0 Å². The molecule has 3 rings (SSSR count). The second kappa shape index (κ2) is 5.52. The summed E-state index contributed by atoms with van der Waals surface area (Å²) >= 11 is 0. The lowest BCUT2D eigenvalue weighted by Crippen LogP contribution is -2.09. The van der Waals surface area contributed by atoms with Crippen LogP contribution in [0.4, 0.5) is 0 Å². The van der Waals surface area contributed by atoms with Gasteiger partial charge < -0.3 is 9.30 Å². The van der Waals surface area contributed by atoms with Gasteiger partial charge in [-0.25, -0.2) is 0 Å². The first-order valence-electron chi connectivity index (χ1n) is 7.16. The molecule has 0 spiro atoms. The lowest BCUT2D eigenvalue weighted by Gasteiger charge is -2.15. The Morgan fingerprint density at radius 3 is 2.63 bits per heavy atom. The standard InChI is InChI=1S/C17H21NO/c1-19-16-8-6-14(7-9-16)10-12-18-13-11-15-4-2-3-5-17(15)18/h6-9,11,13H,2-5,10,12H2,1H3. The van der Waals surface area contributed by atoms with Crippen molar-refractivity contribution < 1.29 is 4.74 Å². The van der Waals surface area contributed by atoms with E-state index in [0.717, 1.165) is 18.7 Å². The van der Waals surface area contributed by atoms with E-state index in [0.29, 0.717) is 0 Å². The third kappa shape index (κ3) is 2.67. The van der Waals surface area contributed by atoms with Crippen LogP contribution in [0.1, 0.15) is 29.7 Å². The summed E-state index contributed by atoms with van der Waals surface area (Å²) < 4.78 is 7.63. The van der Waals surface area contributed by atoms with Crippen LogP contribution in [0.3, 0.4) is 0 Å². The smallest absolute Gasteiger partial charge is 0.118 e. The molecule has 2 nitrogen and oxygen atoms in total. The SMILES string of the molecule is COc1ccc(CCn2ccc3c2CCCC3)cc1. The minimum absolute atomic E-state index is 0.932. The van der Waals surface area contributed by atoms with Crippen molar-refractivity contribution in [1.29, 1.82) is 0 Å². The number of hydrogen-bond acceptors (Lipinski definition) is 1. The van der Waals surface area contributed by atoms with E-state index in [-0.39, 0.29) is 0 Å². The zero-order valence-corrected chi connectivity index (χ0v) is 11.6. The molecule has 0 bridgehead atoms. The Labute approximate surface area is 115 Å². The fraction of sp³-hybridized carbons (Fsp3) is 0.412. The molecule has 1 aromatic carbocycles. The van der Waals surface area contributed by atoms with Gasteiger partial charge in [-0.15, -0.1) is 0 Å². The van der Waals surface area contributed by atoms with Crippen molar-refractivity contribution in [2.45, 2.75) is 38.6 Å². The summed E-state index contributed by atoms with van der Waals surface area (Å²) in [7, 11) is 1.71. The van der Waals surface area contributed by atoms with Gasteiger partial charge in [0.1, 0.15) is 5.75 Å². The molecule has 0 N–H and O–H groups in total. The third-order valence-corrected chi connectivity index (χ3v) is 4.08. The molecule has 19 heavy (non-hydrogen) atoms. The zero-order valence-electron chi connectivity index (χ0n) is 11.6. The molecule has 0 saturated heterocycles. The highest BCUT2D eigenvalue weighted by Crippen LogP contribution is 2.22. The molecule has 2 aromatic rings. The van der Waals surface area contributed by atoms with Gasteiger partial charge in [0.05, 0.1) is 7.11 Å². The van der Waals surface area contributed by atoms with Crippen LogP contribution < -0.4 is 4.74 Å². The summed E-state index contributed by atoms with van der Waals surface area (Å²) in [5.41, 5.74) is 4.51. The van der Waals surface area contributed by atoms with Crippen molar-refractivity contribution >= 4 is 0 Å². The number of nitrogens with zero attached hydrogens (tertiary/aromatic N) is 1. The summed E-state index contributed by atoms with van der Waals surface area (Å²) in [6.45, 7) is 1.08. The molecule has 0 unspecified atom stereocenters. The van der Waals surface area contributed by atoms with Crippen LogP contribution in [0.5, 0.6) is 5.75 Å². The average molecular weight is 255 g/mol. The first-order valence-corrected chi connectivity index (χ1v) is 7.16. The fourth-order valence-electron chi connectivity index (χ4n) is 2.94. The van der Waals surface area contributed by atoms with Crippen molar-refractivity contribution in [3.05, 3.63) is 53.3 Å². The van der Waals surface area contributed by atoms with Crippen molar-refractivity contribution in [2.24, 2.45) is 0 Å². The maximum Gasteiger partial charge on any atom is 0.118 e. The number of aromatic nitrogens is 1. The minimum Gasteiger partial charge on any atom is -0.497 e. The quantitative estimate of drug-likeness (QED) is 0.814. The van der Waals surface area contributed by atoms with E-state index < -0.39 is 0 Å². The van der Waals surface area contributed by atoms with Gasteiger partial charge in [0, 0.05) is 18.4 Å². The molecule has 1 heterocycles. The van der Waals surface area contributed by atoms with Crippen LogP contribution in [0.2, 0.25) is 0 Å². The number of fused-ring (bicyclic) bond motifs is 1. The van der Waals surface area contributed by atoms with E-state index in [1.165, 1.54) is 31.2 Å². The molecule has 0 atom stereocenters. The van der Waals surface area contributed by atoms with E-state index in [4.69, 9.17) is 4.74 Å². The molecule has 1 aromatic heterocycles. The van der Waals surface area contributed by atoms with Crippen LogP contribution in [0.15, 0.2) is 36.5 Å². The van der Waals surface area contributed by atoms with E-state index >= 15 is 0 Å². The monoisotopic (exact) mass is 255 g/mol. The van der Waals surface area contributed by atoms with Crippen molar-refractivity contribution in [2.75, 3.05) is 7.11 Å². The van der Waals surface area contributed by atoms with Gasteiger partial charge in [0.2, 0.25) is 0 Å². The minimum atomic E-state index is 0.932. The van der Waals surface area contributed by atoms with Gasteiger partial charge in [0.15, 0.2) is 0 Å². The molecule has 2 heteroatoms. The van der Waals surface area contributed by atoms with Crippen molar-refractivity contribution in [3.8, 4) is 5.75 Å². The Hall–Kier alpha value is -1.70. The Morgan fingerprint density at radius 1 is 1.05 bits per heavy atom. The molecule has 0 saturated carbocycles. The maximum absolute atomic E-state index is 5.19. The summed E-state index contributed by atoms with van der Waals surface area (Å²) in [5.74, 6) is 0.932. The Morgan fingerprint density at radius 2 is 1.84 bits per heavy atom. The van der Waals surface area contributed by atoms with Gasteiger partial charge in [-0.3, -0.25) is 0 Å². The summed E-state index contributed by atoms with van der Waals surface area (Å²) in [6, 6.07) is 10.7. The van der Waals surface area contributed by atoms with E-state index in [9.17, 15) is 0 Å². The molecular weight excluding hydrogens is 234 g/mol. The Balaban J connectivity index is 1.66. The highest BCUT2D eigenvalue weighted by atomic mass is 16.5. The summed E-state index contributed by atoms with van der Waals surface area (Å²) in [6.07, 6.45) is 8.58. The average Bonchev–Trinajstić information content (AvgIpc) is 2.89. The zero-order chi connectivity index (χ0) is 13.1. The van der Waals surface area contributed by atoms with Crippen LogP contribution in [-0.4, -0.2) is 11.7 Å². The molecule has 0 aliphatic heterocycles. The predicted molar refractivity (Wildman–Crippen MR) is 77.8 cm³/mol. The number of hydrogen-bond donors (Lipinski definition) is 0. The van der Waals surface area contributed by atoms with Gasteiger partial charge in [-0.1, -0.05) is 12.1 Å². The number of rotatable bonds is 4. The van der Waals surface area contributed by atoms with Gasteiger partial charge in [-0.05, 0) is 61.4 Å². The largest absolute Gasteiger partial charge is 0.497 e. The van der Waals surface area contributed by atoms with E-state index in [2.05, 4.69) is 29.0 Å². The lowest BCUT2D eigenvalue weighted by atomic mass is 9.98. The maximum atomic E-state index is 5.19. The lowest BCUT2D eigenvalue weighted by molar-refractivity contribution is 0.414. The van der Waals surface area contributed by atoms with Crippen molar-refractivity contribution in [3.63, 3.8) is 0 Å². The number of benzene rings is 1. The summed E-state index contributed by atoms with van der Waals surface area (Å²) in [4.78, 5) is 0. The molecule has 0 radical (unpaired) electrons. The number of methoxy groups -OCH3 is 1. The molecule has 0 amide bonds. The van der Waals surface area contributed by atoms with Crippen LogP contribution in [0, 0.1) is 0 Å². The van der Waals surface area contributed by atoms with E-state index in [1.54, 1.807) is 18.4 Å². The fourth-order valence-corrected chi connectivity index (χ4v) is 2.94. The van der Waals surface area contributed by atoms with Gasteiger partial charge in [-0.2, -0.15) is 0 Å². The Bertz CT molecular complexity index is 539. The van der Waals surface area contributed by atoms with Crippen LogP contribution in [0.25, 0.3) is 0 Å². The second-order valence-corrected chi connectivity index (χ2v) is 5.29. The van der Waals surface area contributed by atoms with Crippen LogP contribution in [-0.2, 0) is 25.8 Å². The Kier molecular flexibility index (Phi) is 3.58. The first kappa shape index (κ1) is 12.3. The highest BCUT2D eigenvalue weighted by molar-refractivity contribution is 5.28. The predicted octanol–water partition coefficient (Wildman–Crippen LogP) is 3.62. The molecular formula is C17H21NO. The molecule has 100 valence electrons. The number of ether oxygens (including phenoxy) is 1. The third-order valence-electron chi connectivity index (χ3n) is 4.08. The van der Waals surface area contributed by atoms with Crippen LogP contribution >= 0.6 is 0 Å². The van der Waals surface area contributed by atoms with Crippen molar-refractivity contribution in [1.82, 2.24) is 4.57 Å². The summed E-state index contributed by atoms with van der Waals surface area (Å²) in [5, 5.41) is 0. The molecule has 0 fully saturated rings. The van der Waals surface area contributed by atoms with E-state index in [1.807, 2.05) is 12.1 Å². The topological polar surface area (TPSA) is 14.2 Å². The number of aryl methyl sites for hydroxylation is 3. The normalized spacial score (nSPS) is 14.2. The van der Waals surface area contributed by atoms with Gasteiger partial charge in [0.25, 0.3) is 0 Å². The second-order valence-electron chi connectivity index (χ2n) is 5.29. The highest BCUT2D eigenvalue weighted by Gasteiger charge is 2.13. The molecule has 1 aliphatic rings. The first-order chi connectivity index (χ1) is 9.36.